The van der Waals surface area contributed by atoms with Crippen molar-refractivity contribution in [1.82, 2.24) is 14.9 Å². The first-order valence-electron chi connectivity index (χ1n) is 9.26. The highest BCUT2D eigenvalue weighted by Gasteiger charge is 2.13. The molecule has 0 spiro atoms. The maximum Gasteiger partial charge on any atom is 0.245 e. The summed E-state index contributed by atoms with van der Waals surface area (Å²) in [6, 6.07) is 12.6. The monoisotopic (exact) mass is 365 g/mol. The molecule has 0 saturated heterocycles. The second-order valence-corrected chi connectivity index (χ2v) is 7.01. The van der Waals surface area contributed by atoms with Gasteiger partial charge in [0.15, 0.2) is 0 Å². The zero-order valence-corrected chi connectivity index (χ0v) is 16.5. The minimum absolute atomic E-state index is 0.0815. The van der Waals surface area contributed by atoms with Gasteiger partial charge in [-0.3, -0.25) is 4.79 Å². The van der Waals surface area contributed by atoms with Gasteiger partial charge >= 0.3 is 0 Å². The molecule has 0 aliphatic rings. The van der Waals surface area contributed by atoms with Crippen molar-refractivity contribution in [2.75, 3.05) is 20.3 Å². The second kappa shape index (κ2) is 8.35. The fraction of sp³-hybridized carbons (Fsp3) is 0.364. The molecule has 5 heteroatoms. The molecule has 0 unspecified atom stereocenters. The van der Waals surface area contributed by atoms with Gasteiger partial charge in [-0.2, -0.15) is 0 Å². The van der Waals surface area contributed by atoms with Gasteiger partial charge < -0.3 is 14.6 Å². The number of methoxy groups -OCH3 is 1. The SMILES string of the molecule is COCC(=O)NCCc1nc2ccccc2n1Cc1c(C)cc(C)cc1C. The van der Waals surface area contributed by atoms with Gasteiger partial charge in [0.25, 0.3) is 0 Å². The van der Waals surface area contributed by atoms with Crippen LogP contribution in [0.4, 0.5) is 0 Å². The van der Waals surface area contributed by atoms with Crippen molar-refractivity contribution in [3.63, 3.8) is 0 Å². The van der Waals surface area contributed by atoms with E-state index in [1.54, 1.807) is 0 Å². The van der Waals surface area contributed by atoms with Crippen molar-refractivity contribution in [3.8, 4) is 0 Å². The number of imidazole rings is 1. The molecule has 1 heterocycles. The van der Waals surface area contributed by atoms with Gasteiger partial charge in [0, 0.05) is 26.6 Å². The third-order valence-corrected chi connectivity index (χ3v) is 4.84. The number of hydrogen-bond acceptors (Lipinski definition) is 3. The van der Waals surface area contributed by atoms with Crippen molar-refractivity contribution in [1.29, 1.82) is 0 Å². The van der Waals surface area contributed by atoms with E-state index in [1.807, 2.05) is 18.2 Å². The van der Waals surface area contributed by atoms with E-state index in [0.29, 0.717) is 13.0 Å². The summed E-state index contributed by atoms with van der Waals surface area (Å²) in [5.41, 5.74) is 7.31. The van der Waals surface area contributed by atoms with Crippen LogP contribution in [0, 0.1) is 20.8 Å². The van der Waals surface area contributed by atoms with E-state index in [-0.39, 0.29) is 12.5 Å². The number of benzene rings is 2. The van der Waals surface area contributed by atoms with Crippen molar-refractivity contribution < 1.29 is 9.53 Å². The minimum atomic E-state index is -0.106. The molecule has 2 aromatic carbocycles. The summed E-state index contributed by atoms with van der Waals surface area (Å²) < 4.78 is 7.13. The minimum Gasteiger partial charge on any atom is -0.375 e. The zero-order valence-electron chi connectivity index (χ0n) is 16.5. The van der Waals surface area contributed by atoms with Crippen LogP contribution in [-0.2, 0) is 22.5 Å². The van der Waals surface area contributed by atoms with Crippen LogP contribution in [0.5, 0.6) is 0 Å². The number of carbonyl (C=O) groups is 1. The molecule has 1 amide bonds. The molecule has 142 valence electrons. The lowest BCUT2D eigenvalue weighted by atomic mass is 9.99. The standard InChI is InChI=1S/C22H27N3O2/c1-15-11-16(2)18(17(3)12-15)13-25-20-8-6-5-7-19(20)24-21(25)9-10-23-22(26)14-27-4/h5-8,11-12H,9-10,13-14H2,1-4H3,(H,23,26). The molecular weight excluding hydrogens is 338 g/mol. The molecule has 0 atom stereocenters. The molecule has 1 aromatic heterocycles. The third kappa shape index (κ3) is 4.37. The molecule has 3 rings (SSSR count). The summed E-state index contributed by atoms with van der Waals surface area (Å²) in [6.07, 6.45) is 0.675. The Kier molecular flexibility index (Phi) is 5.91. The Morgan fingerprint density at radius 3 is 2.56 bits per heavy atom. The van der Waals surface area contributed by atoms with E-state index in [0.717, 1.165) is 23.4 Å². The molecule has 0 bridgehead atoms. The van der Waals surface area contributed by atoms with Crippen LogP contribution in [0.2, 0.25) is 0 Å². The Hall–Kier alpha value is -2.66. The Labute approximate surface area is 160 Å². The van der Waals surface area contributed by atoms with Crippen LogP contribution in [0.15, 0.2) is 36.4 Å². The lowest BCUT2D eigenvalue weighted by Gasteiger charge is -2.15. The van der Waals surface area contributed by atoms with E-state index in [4.69, 9.17) is 9.72 Å². The number of nitrogens with one attached hydrogen (secondary N) is 1. The maximum atomic E-state index is 11.6. The van der Waals surface area contributed by atoms with E-state index in [9.17, 15) is 4.79 Å². The van der Waals surface area contributed by atoms with Gasteiger partial charge in [-0.05, 0) is 49.6 Å². The first-order valence-corrected chi connectivity index (χ1v) is 9.26. The first-order chi connectivity index (χ1) is 13.0. The van der Waals surface area contributed by atoms with E-state index >= 15 is 0 Å². The van der Waals surface area contributed by atoms with Gasteiger partial charge in [-0.15, -0.1) is 0 Å². The van der Waals surface area contributed by atoms with E-state index < -0.39 is 0 Å². The Balaban J connectivity index is 1.90. The summed E-state index contributed by atoms with van der Waals surface area (Å²) >= 11 is 0. The smallest absolute Gasteiger partial charge is 0.245 e. The van der Waals surface area contributed by atoms with Crippen molar-refractivity contribution >= 4 is 16.9 Å². The quantitative estimate of drug-likeness (QED) is 0.699. The van der Waals surface area contributed by atoms with Crippen molar-refractivity contribution in [2.45, 2.75) is 33.7 Å². The second-order valence-electron chi connectivity index (χ2n) is 7.01. The van der Waals surface area contributed by atoms with Gasteiger partial charge in [-0.1, -0.05) is 29.8 Å². The molecule has 5 nitrogen and oxygen atoms in total. The normalized spacial score (nSPS) is 11.1. The Morgan fingerprint density at radius 2 is 1.85 bits per heavy atom. The fourth-order valence-corrected chi connectivity index (χ4v) is 3.61. The number of para-hydroxylation sites is 2. The molecule has 0 aliphatic carbocycles. The number of nitrogens with zero attached hydrogens (tertiary/aromatic N) is 2. The van der Waals surface area contributed by atoms with Crippen LogP contribution in [0.3, 0.4) is 0 Å². The third-order valence-electron chi connectivity index (χ3n) is 4.84. The topological polar surface area (TPSA) is 56.1 Å². The number of aryl methyl sites for hydroxylation is 3. The summed E-state index contributed by atoms with van der Waals surface area (Å²) in [4.78, 5) is 16.4. The van der Waals surface area contributed by atoms with Crippen LogP contribution in [-0.4, -0.2) is 35.7 Å². The molecule has 3 aromatic rings. The van der Waals surface area contributed by atoms with Gasteiger partial charge in [-0.25, -0.2) is 4.98 Å². The number of carbonyl (C=O) groups excluding carboxylic acids is 1. The highest BCUT2D eigenvalue weighted by molar-refractivity contribution is 5.77. The van der Waals surface area contributed by atoms with E-state index in [1.165, 1.54) is 29.4 Å². The van der Waals surface area contributed by atoms with Crippen molar-refractivity contribution in [2.24, 2.45) is 0 Å². The average molecular weight is 365 g/mol. The van der Waals surface area contributed by atoms with Crippen molar-refractivity contribution in [3.05, 3.63) is 64.5 Å². The first kappa shape index (κ1) is 19.1. The Morgan fingerprint density at radius 1 is 1.15 bits per heavy atom. The summed E-state index contributed by atoms with van der Waals surface area (Å²) in [5.74, 6) is 0.874. The fourth-order valence-electron chi connectivity index (χ4n) is 3.61. The molecule has 0 radical (unpaired) electrons. The van der Waals surface area contributed by atoms with Gasteiger partial charge in [0.05, 0.1) is 11.0 Å². The van der Waals surface area contributed by atoms with Crippen LogP contribution >= 0.6 is 0 Å². The van der Waals surface area contributed by atoms with E-state index in [2.05, 4.69) is 48.9 Å². The highest BCUT2D eigenvalue weighted by Crippen LogP contribution is 2.22. The number of fused-ring (bicyclic) bond motifs is 1. The number of ether oxygens (including phenoxy) is 1. The average Bonchev–Trinajstić information content (AvgIpc) is 2.95. The molecule has 27 heavy (non-hydrogen) atoms. The molecule has 1 N–H and O–H groups in total. The predicted molar refractivity (Wildman–Crippen MR) is 108 cm³/mol. The van der Waals surface area contributed by atoms with Crippen LogP contribution in [0.1, 0.15) is 28.1 Å². The summed E-state index contributed by atoms with van der Waals surface area (Å²) in [5, 5.41) is 2.88. The number of aromatic nitrogens is 2. The van der Waals surface area contributed by atoms with Crippen LogP contribution in [0.25, 0.3) is 11.0 Å². The Bertz CT molecular complexity index is 936. The van der Waals surface area contributed by atoms with Gasteiger partial charge in [0.1, 0.15) is 12.4 Å². The molecular formula is C22H27N3O2. The zero-order chi connectivity index (χ0) is 19.4. The highest BCUT2D eigenvalue weighted by atomic mass is 16.5. The van der Waals surface area contributed by atoms with Gasteiger partial charge in [0.2, 0.25) is 5.91 Å². The lowest BCUT2D eigenvalue weighted by Crippen LogP contribution is -2.29. The lowest BCUT2D eigenvalue weighted by molar-refractivity contribution is -0.124. The maximum absolute atomic E-state index is 11.6. The number of amides is 1. The molecule has 0 saturated carbocycles. The summed E-state index contributed by atoms with van der Waals surface area (Å²) in [6.45, 7) is 7.86. The molecule has 0 fully saturated rings. The largest absolute Gasteiger partial charge is 0.375 e. The number of rotatable bonds is 7. The summed E-state index contributed by atoms with van der Waals surface area (Å²) in [7, 11) is 1.52. The molecule has 0 aliphatic heterocycles. The van der Waals surface area contributed by atoms with Crippen LogP contribution < -0.4 is 5.32 Å². The predicted octanol–water partition coefficient (Wildman–Crippen LogP) is 3.31. The number of hydrogen-bond donors (Lipinski definition) is 1.